The molecule has 0 aliphatic carbocycles. The van der Waals surface area contributed by atoms with Crippen LogP contribution in [0.4, 0.5) is 0 Å². The third-order valence-corrected chi connectivity index (χ3v) is 4.49. The van der Waals surface area contributed by atoms with Crippen molar-refractivity contribution in [2.75, 3.05) is 21.2 Å². The minimum absolute atomic E-state index is 0.122. The average Bonchev–Trinajstić information content (AvgIpc) is 2.71. The number of carbonyl (C=O) groups is 3. The summed E-state index contributed by atoms with van der Waals surface area (Å²) in [7, 11) is 4.58. The van der Waals surface area contributed by atoms with Crippen LogP contribution in [0.15, 0.2) is 48.5 Å². The monoisotopic (exact) mass is 368 g/mol. The zero-order chi connectivity index (χ0) is 20.0. The van der Waals surface area contributed by atoms with Crippen molar-refractivity contribution in [3.05, 3.63) is 59.7 Å². The summed E-state index contributed by atoms with van der Waals surface area (Å²) < 4.78 is 4.84. The van der Waals surface area contributed by atoms with Gasteiger partial charge in [-0.3, -0.25) is 9.59 Å². The van der Waals surface area contributed by atoms with Gasteiger partial charge in [-0.15, -0.1) is 0 Å². The number of rotatable bonds is 6. The van der Waals surface area contributed by atoms with Crippen LogP contribution in [0.3, 0.4) is 0 Å². The van der Waals surface area contributed by atoms with Crippen LogP contribution in [0.5, 0.6) is 0 Å². The highest BCUT2D eigenvalue weighted by atomic mass is 16.5. The zero-order valence-corrected chi connectivity index (χ0v) is 16.0. The molecule has 0 aromatic heterocycles. The van der Waals surface area contributed by atoms with E-state index in [2.05, 4.69) is 5.32 Å². The lowest BCUT2D eigenvalue weighted by Crippen LogP contribution is -2.38. The van der Waals surface area contributed by atoms with Crippen LogP contribution >= 0.6 is 0 Å². The van der Waals surface area contributed by atoms with E-state index in [0.717, 1.165) is 5.56 Å². The molecule has 0 aliphatic heterocycles. The van der Waals surface area contributed by atoms with E-state index in [4.69, 9.17) is 4.74 Å². The van der Waals surface area contributed by atoms with Crippen molar-refractivity contribution in [2.24, 2.45) is 0 Å². The molecule has 142 valence electrons. The second kappa shape index (κ2) is 8.98. The molecule has 1 atom stereocenters. The Kier molecular flexibility index (Phi) is 6.71. The highest BCUT2D eigenvalue weighted by Gasteiger charge is 2.20. The molecule has 0 fully saturated rings. The van der Waals surface area contributed by atoms with Gasteiger partial charge in [0, 0.05) is 32.1 Å². The summed E-state index contributed by atoms with van der Waals surface area (Å²) in [6, 6.07) is 13.9. The van der Waals surface area contributed by atoms with Crippen LogP contribution in [-0.2, 0) is 9.53 Å². The van der Waals surface area contributed by atoms with Crippen LogP contribution < -0.4 is 5.32 Å². The Morgan fingerprint density at radius 1 is 1.11 bits per heavy atom. The van der Waals surface area contributed by atoms with E-state index in [9.17, 15) is 14.4 Å². The lowest BCUT2D eigenvalue weighted by molar-refractivity contribution is -0.121. The maximum Gasteiger partial charge on any atom is 0.338 e. The quantitative estimate of drug-likeness (QED) is 0.796. The molecule has 0 heterocycles. The number of hydrogen-bond donors (Lipinski definition) is 1. The minimum atomic E-state index is -0.432. The predicted molar refractivity (Wildman–Crippen MR) is 103 cm³/mol. The van der Waals surface area contributed by atoms with Crippen LogP contribution in [-0.4, -0.2) is 49.9 Å². The van der Waals surface area contributed by atoms with E-state index in [1.807, 2.05) is 25.1 Å². The molecule has 2 amide bonds. The summed E-state index contributed by atoms with van der Waals surface area (Å²) in [6.45, 7) is 1.82. The molecular formula is C21H24N2O4. The topological polar surface area (TPSA) is 75.7 Å². The molecule has 0 aliphatic rings. The van der Waals surface area contributed by atoms with Gasteiger partial charge in [0.05, 0.1) is 12.7 Å². The summed E-state index contributed by atoms with van der Waals surface area (Å²) in [5, 5.41) is 2.56. The van der Waals surface area contributed by atoms with E-state index in [-0.39, 0.29) is 24.3 Å². The molecule has 0 saturated carbocycles. The van der Waals surface area contributed by atoms with Crippen molar-refractivity contribution >= 4 is 17.8 Å². The Labute approximate surface area is 159 Å². The normalized spacial score (nSPS) is 11.4. The number of carbonyl (C=O) groups excluding carboxylic acids is 3. The van der Waals surface area contributed by atoms with Gasteiger partial charge in [0.15, 0.2) is 0 Å². The maximum absolute atomic E-state index is 12.8. The molecule has 2 rings (SSSR count). The zero-order valence-electron chi connectivity index (χ0n) is 16.0. The fourth-order valence-corrected chi connectivity index (χ4v) is 2.75. The van der Waals surface area contributed by atoms with Crippen LogP contribution in [0, 0.1) is 0 Å². The Hall–Kier alpha value is -3.15. The molecule has 6 heteroatoms. The lowest BCUT2D eigenvalue weighted by atomic mass is 9.97. The van der Waals surface area contributed by atoms with Crippen LogP contribution in [0.25, 0.3) is 11.1 Å². The summed E-state index contributed by atoms with van der Waals surface area (Å²) in [4.78, 5) is 37.9. The number of hydrogen-bond acceptors (Lipinski definition) is 4. The molecule has 2 aromatic carbocycles. The first kappa shape index (κ1) is 20.2. The van der Waals surface area contributed by atoms with Crippen molar-refractivity contribution in [2.45, 2.75) is 19.4 Å². The van der Waals surface area contributed by atoms with Gasteiger partial charge < -0.3 is 15.0 Å². The third-order valence-electron chi connectivity index (χ3n) is 4.49. The van der Waals surface area contributed by atoms with Crippen LogP contribution in [0.2, 0.25) is 0 Å². The fraction of sp³-hybridized carbons (Fsp3) is 0.286. The fourth-order valence-electron chi connectivity index (χ4n) is 2.75. The number of esters is 1. The molecule has 27 heavy (non-hydrogen) atoms. The number of amides is 2. The van der Waals surface area contributed by atoms with Crippen LogP contribution in [0.1, 0.15) is 34.1 Å². The molecular weight excluding hydrogens is 344 g/mol. The van der Waals surface area contributed by atoms with Gasteiger partial charge in [-0.05, 0) is 36.2 Å². The number of nitrogens with zero attached hydrogens (tertiary/aromatic N) is 1. The van der Waals surface area contributed by atoms with Crippen molar-refractivity contribution in [3.8, 4) is 11.1 Å². The molecule has 2 aromatic rings. The van der Waals surface area contributed by atoms with Gasteiger partial charge >= 0.3 is 5.97 Å². The molecule has 0 spiro atoms. The lowest BCUT2D eigenvalue weighted by Gasteiger charge is -2.24. The minimum Gasteiger partial charge on any atom is -0.465 e. The Bertz CT molecular complexity index is 848. The van der Waals surface area contributed by atoms with Gasteiger partial charge in [0.2, 0.25) is 5.91 Å². The van der Waals surface area contributed by atoms with Gasteiger partial charge in [0.25, 0.3) is 5.91 Å². The Morgan fingerprint density at radius 3 is 2.48 bits per heavy atom. The highest BCUT2D eigenvalue weighted by Crippen LogP contribution is 2.25. The molecule has 0 radical (unpaired) electrons. The van der Waals surface area contributed by atoms with Gasteiger partial charge in [-0.1, -0.05) is 30.3 Å². The molecule has 0 saturated heterocycles. The molecule has 0 bridgehead atoms. The number of methoxy groups -OCH3 is 1. The predicted octanol–water partition coefficient (Wildman–Crippen LogP) is 2.74. The summed E-state index contributed by atoms with van der Waals surface area (Å²) >= 11 is 0. The first-order chi connectivity index (χ1) is 12.9. The average molecular weight is 368 g/mol. The summed E-state index contributed by atoms with van der Waals surface area (Å²) in [5.74, 6) is -0.745. The molecule has 6 nitrogen and oxygen atoms in total. The van der Waals surface area contributed by atoms with E-state index < -0.39 is 5.97 Å². The van der Waals surface area contributed by atoms with Gasteiger partial charge in [-0.25, -0.2) is 4.79 Å². The maximum atomic E-state index is 12.8. The third kappa shape index (κ3) is 4.73. The van der Waals surface area contributed by atoms with E-state index in [1.165, 1.54) is 7.11 Å². The first-order valence-corrected chi connectivity index (χ1v) is 8.64. The Morgan fingerprint density at radius 2 is 1.81 bits per heavy atom. The van der Waals surface area contributed by atoms with Crippen molar-refractivity contribution < 1.29 is 19.1 Å². The van der Waals surface area contributed by atoms with Gasteiger partial charge in [-0.2, -0.15) is 0 Å². The van der Waals surface area contributed by atoms with Gasteiger partial charge in [0.1, 0.15) is 0 Å². The largest absolute Gasteiger partial charge is 0.465 e. The SMILES string of the molecule is CNC(=O)C[C@@H](C)N(C)C(=O)c1cccc(-c2ccccc2C(=O)OC)c1. The van der Waals surface area contributed by atoms with E-state index in [0.29, 0.717) is 16.7 Å². The summed E-state index contributed by atoms with van der Waals surface area (Å²) in [5.41, 5.74) is 2.36. The second-order valence-corrected chi connectivity index (χ2v) is 6.26. The van der Waals surface area contributed by atoms with Crippen molar-refractivity contribution in [1.82, 2.24) is 10.2 Å². The molecule has 0 unspecified atom stereocenters. The first-order valence-electron chi connectivity index (χ1n) is 8.64. The van der Waals surface area contributed by atoms with Crippen molar-refractivity contribution in [3.63, 3.8) is 0 Å². The second-order valence-electron chi connectivity index (χ2n) is 6.26. The van der Waals surface area contributed by atoms with Crippen molar-refractivity contribution in [1.29, 1.82) is 0 Å². The summed E-state index contributed by atoms with van der Waals surface area (Å²) in [6.07, 6.45) is 0.226. The highest BCUT2D eigenvalue weighted by molar-refractivity contribution is 5.99. The number of benzene rings is 2. The van der Waals surface area contributed by atoms with E-state index in [1.54, 1.807) is 49.3 Å². The smallest absolute Gasteiger partial charge is 0.338 e. The standard InChI is InChI=1S/C21H24N2O4/c1-14(12-19(24)22-2)23(3)20(25)16-9-7-8-15(13-16)17-10-5-6-11-18(17)21(26)27-4/h5-11,13-14H,12H2,1-4H3,(H,22,24)/t14-/m1/s1. The van der Waals surface area contributed by atoms with E-state index >= 15 is 0 Å². The Balaban J connectivity index is 2.32. The molecule has 1 N–H and O–H groups in total. The number of nitrogens with one attached hydrogen (secondary N) is 1. The number of ether oxygens (including phenoxy) is 1.